The summed E-state index contributed by atoms with van der Waals surface area (Å²) in [5.74, 6) is 2.57. The van der Waals surface area contributed by atoms with Gasteiger partial charge in [-0.3, -0.25) is 4.90 Å². The van der Waals surface area contributed by atoms with Crippen molar-refractivity contribution in [2.45, 2.75) is 46.2 Å². The molecular weight excluding hydrogens is 318 g/mol. The Kier molecular flexibility index (Phi) is 7.19. The first-order chi connectivity index (χ1) is 11.8. The number of aliphatic imine (C=N–C) groups is 1. The third-order valence-electron chi connectivity index (χ3n) is 4.10. The van der Waals surface area contributed by atoms with E-state index in [1.807, 2.05) is 18.5 Å². The van der Waals surface area contributed by atoms with Gasteiger partial charge in [-0.05, 0) is 40.7 Å². The molecule has 0 amide bonds. The SMILES string of the molecule is Cc1nnc(CN=C(NCCCN2CCOCC2)NC(C)(C)C)n1C. The topological polar surface area (TPSA) is 79.6 Å². The monoisotopic (exact) mass is 351 g/mol. The molecule has 1 aromatic heterocycles. The van der Waals surface area contributed by atoms with Crippen LogP contribution < -0.4 is 10.6 Å². The third kappa shape index (κ3) is 6.99. The number of aryl methyl sites for hydroxylation is 1. The molecule has 0 aromatic carbocycles. The van der Waals surface area contributed by atoms with Gasteiger partial charge in [-0.1, -0.05) is 0 Å². The van der Waals surface area contributed by atoms with Crippen LogP contribution in [0.15, 0.2) is 4.99 Å². The zero-order chi connectivity index (χ0) is 18.3. The summed E-state index contributed by atoms with van der Waals surface area (Å²) in [6, 6.07) is 0. The molecule has 1 fully saturated rings. The van der Waals surface area contributed by atoms with Crippen molar-refractivity contribution in [2.75, 3.05) is 39.4 Å². The molecule has 1 saturated heterocycles. The number of rotatable bonds is 6. The van der Waals surface area contributed by atoms with E-state index in [1.54, 1.807) is 0 Å². The van der Waals surface area contributed by atoms with Crippen LogP contribution in [0.25, 0.3) is 0 Å². The highest BCUT2D eigenvalue weighted by molar-refractivity contribution is 5.80. The van der Waals surface area contributed by atoms with E-state index in [0.29, 0.717) is 6.54 Å². The predicted molar refractivity (Wildman–Crippen MR) is 99.6 cm³/mol. The van der Waals surface area contributed by atoms with Gasteiger partial charge < -0.3 is 19.9 Å². The van der Waals surface area contributed by atoms with Crippen molar-refractivity contribution in [3.63, 3.8) is 0 Å². The average molecular weight is 351 g/mol. The molecule has 0 spiro atoms. The largest absolute Gasteiger partial charge is 0.379 e. The lowest BCUT2D eigenvalue weighted by molar-refractivity contribution is 0.0376. The molecule has 2 N–H and O–H groups in total. The van der Waals surface area contributed by atoms with Crippen LogP contribution in [0.4, 0.5) is 0 Å². The number of hydrogen-bond acceptors (Lipinski definition) is 5. The molecule has 142 valence electrons. The van der Waals surface area contributed by atoms with Gasteiger partial charge in [0.05, 0.1) is 13.2 Å². The van der Waals surface area contributed by atoms with E-state index in [4.69, 9.17) is 4.74 Å². The van der Waals surface area contributed by atoms with Crippen LogP contribution in [0.2, 0.25) is 0 Å². The highest BCUT2D eigenvalue weighted by atomic mass is 16.5. The highest BCUT2D eigenvalue weighted by Gasteiger charge is 2.13. The number of ether oxygens (including phenoxy) is 1. The maximum absolute atomic E-state index is 5.38. The predicted octanol–water partition coefficient (Wildman–Crippen LogP) is 0.680. The van der Waals surface area contributed by atoms with Crippen LogP contribution in [0.5, 0.6) is 0 Å². The first-order valence-corrected chi connectivity index (χ1v) is 9.06. The van der Waals surface area contributed by atoms with Crippen molar-refractivity contribution >= 4 is 5.96 Å². The molecule has 0 bridgehead atoms. The Morgan fingerprint density at radius 2 is 1.96 bits per heavy atom. The molecule has 0 unspecified atom stereocenters. The quantitative estimate of drug-likeness (QED) is 0.446. The van der Waals surface area contributed by atoms with Gasteiger partial charge in [0, 0.05) is 32.2 Å². The molecule has 1 aromatic rings. The number of morpholine rings is 1. The molecule has 25 heavy (non-hydrogen) atoms. The second-order valence-corrected chi connectivity index (χ2v) is 7.50. The number of nitrogens with one attached hydrogen (secondary N) is 2. The van der Waals surface area contributed by atoms with E-state index in [2.05, 4.69) is 51.5 Å². The van der Waals surface area contributed by atoms with E-state index in [9.17, 15) is 0 Å². The molecule has 0 saturated carbocycles. The van der Waals surface area contributed by atoms with E-state index < -0.39 is 0 Å². The minimum absolute atomic E-state index is 0.0498. The lowest BCUT2D eigenvalue weighted by Gasteiger charge is -2.27. The zero-order valence-corrected chi connectivity index (χ0v) is 16.3. The minimum atomic E-state index is -0.0498. The van der Waals surface area contributed by atoms with Crippen molar-refractivity contribution in [3.05, 3.63) is 11.6 Å². The summed E-state index contributed by atoms with van der Waals surface area (Å²) in [6.45, 7) is 14.6. The molecule has 2 rings (SSSR count). The van der Waals surface area contributed by atoms with Crippen LogP contribution in [0.3, 0.4) is 0 Å². The van der Waals surface area contributed by atoms with Gasteiger partial charge in [0.15, 0.2) is 11.8 Å². The van der Waals surface area contributed by atoms with Gasteiger partial charge in [0.1, 0.15) is 12.4 Å². The lowest BCUT2D eigenvalue weighted by atomic mass is 10.1. The lowest BCUT2D eigenvalue weighted by Crippen LogP contribution is -2.48. The van der Waals surface area contributed by atoms with Gasteiger partial charge in [-0.15, -0.1) is 10.2 Å². The highest BCUT2D eigenvalue weighted by Crippen LogP contribution is 2.02. The van der Waals surface area contributed by atoms with E-state index in [1.165, 1.54) is 0 Å². The number of nitrogens with zero attached hydrogens (tertiary/aromatic N) is 5. The molecule has 1 aliphatic rings. The van der Waals surface area contributed by atoms with E-state index >= 15 is 0 Å². The smallest absolute Gasteiger partial charge is 0.192 e. The van der Waals surface area contributed by atoms with Crippen molar-refractivity contribution in [3.8, 4) is 0 Å². The minimum Gasteiger partial charge on any atom is -0.379 e. The molecule has 1 aliphatic heterocycles. The van der Waals surface area contributed by atoms with E-state index in [-0.39, 0.29) is 5.54 Å². The molecular formula is C17H33N7O. The fourth-order valence-electron chi connectivity index (χ4n) is 2.57. The summed E-state index contributed by atoms with van der Waals surface area (Å²) >= 11 is 0. The summed E-state index contributed by atoms with van der Waals surface area (Å²) in [6.07, 6.45) is 1.08. The summed E-state index contributed by atoms with van der Waals surface area (Å²) < 4.78 is 7.35. The maximum Gasteiger partial charge on any atom is 0.192 e. The summed E-state index contributed by atoms with van der Waals surface area (Å²) in [5.41, 5.74) is -0.0498. The summed E-state index contributed by atoms with van der Waals surface area (Å²) in [4.78, 5) is 7.12. The first-order valence-electron chi connectivity index (χ1n) is 9.06. The number of aromatic nitrogens is 3. The number of hydrogen-bond donors (Lipinski definition) is 2. The Labute approximate surface area is 151 Å². The fraction of sp³-hybridized carbons (Fsp3) is 0.824. The number of guanidine groups is 1. The Morgan fingerprint density at radius 3 is 2.56 bits per heavy atom. The third-order valence-corrected chi connectivity index (χ3v) is 4.10. The van der Waals surface area contributed by atoms with Gasteiger partial charge in [0.25, 0.3) is 0 Å². The molecule has 2 heterocycles. The van der Waals surface area contributed by atoms with Crippen LogP contribution >= 0.6 is 0 Å². The molecule has 8 nitrogen and oxygen atoms in total. The Balaban J connectivity index is 1.84. The average Bonchev–Trinajstić information content (AvgIpc) is 2.88. The van der Waals surface area contributed by atoms with Crippen molar-refractivity contribution < 1.29 is 4.74 Å². The molecule has 0 atom stereocenters. The standard InChI is InChI=1S/C17H33N7O/c1-14-21-22-15(23(14)5)13-19-16(20-17(2,3)4)18-7-6-8-24-9-11-25-12-10-24/h6-13H2,1-5H3,(H2,18,19,20). The van der Waals surface area contributed by atoms with Gasteiger partial charge >= 0.3 is 0 Å². The van der Waals surface area contributed by atoms with Crippen LogP contribution in [-0.2, 0) is 18.3 Å². The van der Waals surface area contributed by atoms with E-state index in [0.717, 1.165) is 63.4 Å². The van der Waals surface area contributed by atoms with Crippen LogP contribution in [0, 0.1) is 6.92 Å². The zero-order valence-electron chi connectivity index (χ0n) is 16.3. The Morgan fingerprint density at radius 1 is 1.24 bits per heavy atom. The van der Waals surface area contributed by atoms with Gasteiger partial charge in [0.2, 0.25) is 0 Å². The van der Waals surface area contributed by atoms with Crippen molar-refractivity contribution in [1.82, 2.24) is 30.3 Å². The van der Waals surface area contributed by atoms with Gasteiger partial charge in [-0.25, -0.2) is 4.99 Å². The molecule has 0 radical (unpaired) electrons. The molecule has 0 aliphatic carbocycles. The summed E-state index contributed by atoms with van der Waals surface area (Å²) in [7, 11) is 1.97. The first kappa shape index (κ1) is 19.7. The maximum atomic E-state index is 5.38. The van der Waals surface area contributed by atoms with Gasteiger partial charge in [-0.2, -0.15) is 0 Å². The molecule has 8 heteroatoms. The second-order valence-electron chi connectivity index (χ2n) is 7.50. The second kappa shape index (κ2) is 9.15. The fourth-order valence-corrected chi connectivity index (χ4v) is 2.57. The van der Waals surface area contributed by atoms with Crippen LogP contribution in [0.1, 0.15) is 38.8 Å². The van der Waals surface area contributed by atoms with Crippen LogP contribution in [-0.4, -0.2) is 70.6 Å². The summed E-state index contributed by atoms with van der Waals surface area (Å²) in [5, 5.41) is 15.1. The Bertz CT molecular complexity index is 556. The Hall–Kier alpha value is -1.67. The normalized spacial score (nSPS) is 16.9. The van der Waals surface area contributed by atoms with Crippen molar-refractivity contribution in [1.29, 1.82) is 0 Å². The van der Waals surface area contributed by atoms with Crippen molar-refractivity contribution in [2.24, 2.45) is 12.0 Å².